The molecule has 19 heavy (non-hydrogen) atoms. The van der Waals surface area contributed by atoms with Crippen LogP contribution in [-0.2, 0) is 11.2 Å². The van der Waals surface area contributed by atoms with Crippen LogP contribution in [0.25, 0.3) is 0 Å². The number of likely N-dealkylation sites (tertiary alicyclic amines) is 1. The molecule has 3 rings (SSSR count). The monoisotopic (exact) mass is 276 g/mol. The minimum Gasteiger partial charge on any atom is -0.341 e. The van der Waals surface area contributed by atoms with E-state index in [0.717, 1.165) is 32.4 Å². The van der Waals surface area contributed by atoms with Gasteiger partial charge >= 0.3 is 0 Å². The molecule has 1 aromatic rings. The Balaban J connectivity index is 1.66. The Hall–Kier alpha value is -1.00. The molecule has 4 heteroatoms. The molecule has 3 nitrogen and oxygen atoms in total. The molecule has 1 fully saturated rings. The van der Waals surface area contributed by atoms with Crippen molar-refractivity contribution in [3.05, 3.63) is 29.8 Å². The lowest BCUT2D eigenvalue weighted by Crippen LogP contribution is -2.45. The molecule has 102 valence electrons. The van der Waals surface area contributed by atoms with Gasteiger partial charge in [-0.2, -0.15) is 0 Å². The van der Waals surface area contributed by atoms with Crippen molar-refractivity contribution in [2.75, 3.05) is 19.6 Å². The summed E-state index contributed by atoms with van der Waals surface area (Å²) in [7, 11) is 0. The Morgan fingerprint density at radius 3 is 3.05 bits per heavy atom. The van der Waals surface area contributed by atoms with Crippen molar-refractivity contribution in [3.63, 3.8) is 0 Å². The predicted molar refractivity (Wildman–Crippen MR) is 78.1 cm³/mol. The minimum atomic E-state index is 0.0777. The van der Waals surface area contributed by atoms with Crippen LogP contribution in [0.4, 0.5) is 0 Å². The number of carbonyl (C=O) groups excluding carboxylic acids is 1. The Labute approximate surface area is 118 Å². The molecule has 2 heterocycles. The maximum atomic E-state index is 12.6. The van der Waals surface area contributed by atoms with Gasteiger partial charge in [0.15, 0.2) is 0 Å². The predicted octanol–water partition coefficient (Wildman–Crippen LogP) is 1.90. The molecule has 2 aliphatic rings. The maximum absolute atomic E-state index is 12.6. The quantitative estimate of drug-likeness (QED) is 0.897. The standard InChI is InChI=1S/C15H20N2OS/c16-9-11-4-3-7-17(10-11)15(18)14-8-12-5-1-2-6-13(12)19-14/h1-2,5-6,11,14H,3-4,7-10,16H2. The van der Waals surface area contributed by atoms with Crippen LogP contribution in [0.1, 0.15) is 18.4 Å². The van der Waals surface area contributed by atoms with E-state index in [1.165, 1.54) is 10.5 Å². The molecule has 0 spiro atoms. The maximum Gasteiger partial charge on any atom is 0.236 e. The zero-order chi connectivity index (χ0) is 13.2. The number of benzene rings is 1. The Kier molecular flexibility index (Phi) is 3.80. The molecule has 0 bridgehead atoms. The van der Waals surface area contributed by atoms with Crippen molar-refractivity contribution in [2.24, 2.45) is 11.7 Å². The first-order valence-corrected chi connectivity index (χ1v) is 7.89. The summed E-state index contributed by atoms with van der Waals surface area (Å²) in [6, 6.07) is 8.35. The molecule has 1 amide bonds. The van der Waals surface area contributed by atoms with E-state index in [-0.39, 0.29) is 5.25 Å². The van der Waals surface area contributed by atoms with Crippen molar-refractivity contribution in [3.8, 4) is 0 Å². The van der Waals surface area contributed by atoms with Crippen molar-refractivity contribution >= 4 is 17.7 Å². The van der Waals surface area contributed by atoms with Crippen LogP contribution in [0, 0.1) is 5.92 Å². The van der Waals surface area contributed by atoms with Crippen LogP contribution in [-0.4, -0.2) is 35.7 Å². The number of nitrogens with two attached hydrogens (primary N) is 1. The number of carbonyl (C=O) groups is 1. The Bertz CT molecular complexity index is 452. The third-order valence-corrected chi connectivity index (χ3v) is 5.39. The zero-order valence-corrected chi connectivity index (χ0v) is 11.9. The van der Waals surface area contributed by atoms with E-state index >= 15 is 0 Å². The Morgan fingerprint density at radius 2 is 2.26 bits per heavy atom. The molecule has 2 atom stereocenters. The number of amides is 1. The summed E-state index contributed by atoms with van der Waals surface area (Å²) in [5.74, 6) is 0.797. The summed E-state index contributed by atoms with van der Waals surface area (Å²) >= 11 is 1.72. The van der Waals surface area contributed by atoms with Crippen LogP contribution < -0.4 is 5.73 Å². The van der Waals surface area contributed by atoms with Crippen LogP contribution in [0.5, 0.6) is 0 Å². The average molecular weight is 276 g/mol. The van der Waals surface area contributed by atoms with Gasteiger partial charge in [-0.3, -0.25) is 4.79 Å². The van der Waals surface area contributed by atoms with Crippen LogP contribution in [0.2, 0.25) is 0 Å². The van der Waals surface area contributed by atoms with Crippen LogP contribution in [0.15, 0.2) is 29.2 Å². The summed E-state index contributed by atoms with van der Waals surface area (Å²) in [5, 5.41) is 0.0777. The molecule has 0 aromatic heterocycles. The van der Waals surface area contributed by atoms with Gasteiger partial charge in [-0.05, 0) is 43.4 Å². The van der Waals surface area contributed by atoms with E-state index in [4.69, 9.17) is 5.73 Å². The van der Waals surface area contributed by atoms with E-state index < -0.39 is 0 Å². The van der Waals surface area contributed by atoms with Gasteiger partial charge in [-0.15, -0.1) is 11.8 Å². The third kappa shape index (κ3) is 2.65. The van der Waals surface area contributed by atoms with E-state index in [1.54, 1.807) is 11.8 Å². The van der Waals surface area contributed by atoms with Gasteiger partial charge in [0.25, 0.3) is 0 Å². The number of rotatable bonds is 2. The number of hydrogen-bond donors (Lipinski definition) is 1. The van der Waals surface area contributed by atoms with E-state index in [1.807, 2.05) is 11.0 Å². The van der Waals surface area contributed by atoms with E-state index in [0.29, 0.717) is 18.4 Å². The first-order valence-electron chi connectivity index (χ1n) is 7.01. The molecule has 0 saturated carbocycles. The van der Waals surface area contributed by atoms with Gasteiger partial charge in [-0.25, -0.2) is 0 Å². The molecule has 1 aromatic carbocycles. The van der Waals surface area contributed by atoms with Gasteiger partial charge in [-0.1, -0.05) is 18.2 Å². The molecular formula is C15H20N2OS. The number of fused-ring (bicyclic) bond motifs is 1. The first kappa shape index (κ1) is 13.0. The minimum absolute atomic E-state index is 0.0777. The summed E-state index contributed by atoms with van der Waals surface area (Å²) in [4.78, 5) is 15.9. The van der Waals surface area contributed by atoms with Crippen molar-refractivity contribution in [2.45, 2.75) is 29.4 Å². The van der Waals surface area contributed by atoms with E-state index in [9.17, 15) is 4.79 Å². The molecule has 0 radical (unpaired) electrons. The fraction of sp³-hybridized carbons (Fsp3) is 0.533. The lowest BCUT2D eigenvalue weighted by molar-refractivity contribution is -0.132. The lowest BCUT2D eigenvalue weighted by atomic mass is 9.97. The zero-order valence-electron chi connectivity index (χ0n) is 11.0. The highest BCUT2D eigenvalue weighted by Crippen LogP contribution is 2.38. The first-order chi connectivity index (χ1) is 9.28. The number of thioether (sulfide) groups is 1. The number of nitrogens with zero attached hydrogens (tertiary/aromatic N) is 1. The molecule has 2 N–H and O–H groups in total. The van der Waals surface area contributed by atoms with Gasteiger partial charge in [0, 0.05) is 18.0 Å². The summed E-state index contributed by atoms with van der Waals surface area (Å²) < 4.78 is 0. The Morgan fingerprint density at radius 1 is 1.42 bits per heavy atom. The smallest absolute Gasteiger partial charge is 0.236 e. The second kappa shape index (κ2) is 5.55. The van der Waals surface area contributed by atoms with Gasteiger partial charge in [0.05, 0.1) is 5.25 Å². The highest BCUT2D eigenvalue weighted by molar-refractivity contribution is 8.01. The SMILES string of the molecule is NCC1CCCN(C(=O)C2Cc3ccccc3S2)C1. The summed E-state index contributed by atoms with van der Waals surface area (Å²) in [6.45, 7) is 2.45. The summed E-state index contributed by atoms with van der Waals surface area (Å²) in [5.41, 5.74) is 7.06. The molecule has 2 unspecified atom stereocenters. The largest absolute Gasteiger partial charge is 0.341 e. The fourth-order valence-electron chi connectivity index (χ4n) is 2.98. The number of piperidine rings is 1. The second-order valence-corrected chi connectivity index (χ2v) is 6.69. The topological polar surface area (TPSA) is 46.3 Å². The fourth-order valence-corrected chi connectivity index (χ4v) is 4.26. The van der Waals surface area contributed by atoms with E-state index in [2.05, 4.69) is 18.2 Å². The van der Waals surface area contributed by atoms with Gasteiger partial charge in [0.2, 0.25) is 5.91 Å². The van der Waals surface area contributed by atoms with Crippen LogP contribution >= 0.6 is 11.8 Å². The molecule has 2 aliphatic heterocycles. The van der Waals surface area contributed by atoms with Gasteiger partial charge in [0.1, 0.15) is 0 Å². The molecule has 0 aliphatic carbocycles. The molecule has 1 saturated heterocycles. The highest BCUT2D eigenvalue weighted by Gasteiger charge is 2.33. The number of hydrogen-bond acceptors (Lipinski definition) is 3. The highest BCUT2D eigenvalue weighted by atomic mass is 32.2. The van der Waals surface area contributed by atoms with Crippen molar-refractivity contribution in [1.82, 2.24) is 4.90 Å². The van der Waals surface area contributed by atoms with Crippen LogP contribution in [0.3, 0.4) is 0 Å². The lowest BCUT2D eigenvalue weighted by Gasteiger charge is -2.33. The third-order valence-electron chi connectivity index (χ3n) is 4.09. The van der Waals surface area contributed by atoms with Crippen molar-refractivity contribution < 1.29 is 4.79 Å². The van der Waals surface area contributed by atoms with Gasteiger partial charge < -0.3 is 10.6 Å². The second-order valence-electron chi connectivity index (χ2n) is 5.45. The molecular weight excluding hydrogens is 256 g/mol. The normalized spacial score (nSPS) is 26.3. The van der Waals surface area contributed by atoms with Crippen molar-refractivity contribution in [1.29, 1.82) is 0 Å². The average Bonchev–Trinajstić information content (AvgIpc) is 2.90. The summed E-state index contributed by atoms with van der Waals surface area (Å²) in [6.07, 6.45) is 3.14.